The van der Waals surface area contributed by atoms with Gasteiger partial charge in [-0.25, -0.2) is 0 Å². The fourth-order valence-corrected chi connectivity index (χ4v) is 7.58. The lowest BCUT2D eigenvalue weighted by Gasteiger charge is -2.16. The molecule has 4 aromatic carbocycles. The van der Waals surface area contributed by atoms with E-state index in [2.05, 4.69) is 97.3 Å². The van der Waals surface area contributed by atoms with Gasteiger partial charge in [0.2, 0.25) is 11.8 Å². The normalized spacial score (nSPS) is 12.5. The molecular weight excluding hydrogens is 589 g/mol. The van der Waals surface area contributed by atoms with E-state index in [1.807, 2.05) is 41.5 Å². The molecule has 0 radical (unpaired) electrons. The molecule has 4 nitrogen and oxygen atoms in total. The topological polar surface area (TPSA) is 58.2 Å². The highest BCUT2D eigenvalue weighted by Crippen LogP contribution is 2.34. The molecule has 224 valence electrons. The van der Waals surface area contributed by atoms with E-state index in [1.54, 1.807) is 35.3 Å². The molecule has 0 aliphatic heterocycles. The molecule has 0 saturated carbocycles. The Balaban J connectivity index is 1.29. The lowest BCUT2D eigenvalue weighted by atomic mass is 10.1. The molecular formula is C36H40N2O2S3. The fourth-order valence-electron chi connectivity index (χ4n) is 5.03. The molecule has 2 N–H and O–H groups in total. The molecule has 0 aromatic heterocycles. The zero-order valence-electron chi connectivity index (χ0n) is 26.1. The van der Waals surface area contributed by atoms with E-state index in [9.17, 15) is 9.59 Å². The van der Waals surface area contributed by atoms with Crippen LogP contribution in [0.15, 0.2) is 92.4 Å². The first-order chi connectivity index (χ1) is 20.4. The predicted octanol–water partition coefficient (Wildman–Crippen LogP) is 9.93. The van der Waals surface area contributed by atoms with Gasteiger partial charge in [0.1, 0.15) is 0 Å². The Kier molecular flexibility index (Phi) is 11.1. The van der Waals surface area contributed by atoms with Gasteiger partial charge in [-0.05, 0) is 126 Å². The number of anilines is 2. The molecule has 0 fully saturated rings. The Hall–Kier alpha value is -3.13. The van der Waals surface area contributed by atoms with Crippen molar-refractivity contribution in [3.63, 3.8) is 0 Å². The number of hydrogen-bond acceptors (Lipinski definition) is 5. The van der Waals surface area contributed by atoms with E-state index in [4.69, 9.17) is 0 Å². The summed E-state index contributed by atoms with van der Waals surface area (Å²) in [4.78, 5) is 30.2. The van der Waals surface area contributed by atoms with Gasteiger partial charge in [0.05, 0.1) is 10.5 Å². The van der Waals surface area contributed by atoms with Crippen molar-refractivity contribution < 1.29 is 9.59 Å². The monoisotopic (exact) mass is 628 g/mol. The molecule has 0 aliphatic carbocycles. The molecule has 0 aliphatic rings. The van der Waals surface area contributed by atoms with Crippen molar-refractivity contribution in [2.75, 3.05) is 10.6 Å². The van der Waals surface area contributed by atoms with Gasteiger partial charge < -0.3 is 10.6 Å². The van der Waals surface area contributed by atoms with Crippen LogP contribution in [0, 0.1) is 41.5 Å². The molecule has 7 heteroatoms. The van der Waals surface area contributed by atoms with Gasteiger partial charge in [-0.15, -0.1) is 23.5 Å². The minimum absolute atomic E-state index is 0.00337. The third kappa shape index (κ3) is 8.94. The summed E-state index contributed by atoms with van der Waals surface area (Å²) in [5.41, 5.74) is 8.54. The Morgan fingerprint density at radius 3 is 1.09 bits per heavy atom. The minimum atomic E-state index is -0.224. The number of thioether (sulfide) groups is 2. The number of hydrogen-bond donors (Lipinski definition) is 2. The van der Waals surface area contributed by atoms with E-state index in [0.717, 1.165) is 53.2 Å². The largest absolute Gasteiger partial charge is 0.325 e. The highest BCUT2D eigenvalue weighted by atomic mass is 32.2. The first-order valence-corrected chi connectivity index (χ1v) is 17.0. The van der Waals surface area contributed by atoms with Crippen LogP contribution >= 0.6 is 35.3 Å². The Bertz CT molecular complexity index is 1450. The van der Waals surface area contributed by atoms with Crippen molar-refractivity contribution in [1.82, 2.24) is 0 Å². The SMILES string of the molecule is Cc1cc(C)c(NC(=O)[C@H](C)Sc2ccc(Sc3ccc(S[C@@H](C)C(=O)Nc4c(C)cc(C)cc4C)cc3)cc2)c(C)c1. The minimum Gasteiger partial charge on any atom is -0.325 e. The molecule has 43 heavy (non-hydrogen) atoms. The maximum atomic E-state index is 12.9. The number of carbonyl (C=O) groups excluding carboxylic acids is 2. The average molecular weight is 629 g/mol. The zero-order valence-corrected chi connectivity index (χ0v) is 28.6. The second kappa shape index (κ2) is 14.6. The van der Waals surface area contributed by atoms with Crippen LogP contribution in [0.25, 0.3) is 0 Å². The van der Waals surface area contributed by atoms with Gasteiger partial charge in [-0.2, -0.15) is 0 Å². The highest BCUT2D eigenvalue weighted by molar-refractivity contribution is 8.01. The fraction of sp³-hybridized carbons (Fsp3) is 0.278. The van der Waals surface area contributed by atoms with Gasteiger partial charge in [0.25, 0.3) is 0 Å². The lowest BCUT2D eigenvalue weighted by molar-refractivity contribution is -0.116. The second-order valence-electron chi connectivity index (χ2n) is 11.1. The van der Waals surface area contributed by atoms with Crippen LogP contribution in [0.4, 0.5) is 11.4 Å². The molecule has 0 saturated heterocycles. The Morgan fingerprint density at radius 1 is 0.512 bits per heavy atom. The average Bonchev–Trinajstić information content (AvgIpc) is 2.94. The molecule has 0 unspecified atom stereocenters. The van der Waals surface area contributed by atoms with Gasteiger partial charge in [0.15, 0.2) is 0 Å². The smallest absolute Gasteiger partial charge is 0.237 e. The van der Waals surface area contributed by atoms with Crippen molar-refractivity contribution >= 4 is 58.5 Å². The maximum absolute atomic E-state index is 12.9. The summed E-state index contributed by atoms with van der Waals surface area (Å²) in [5, 5.41) is 5.79. The van der Waals surface area contributed by atoms with E-state index in [1.165, 1.54) is 11.1 Å². The second-order valence-corrected chi connectivity index (χ2v) is 15.1. The van der Waals surface area contributed by atoms with Crippen molar-refractivity contribution in [3.8, 4) is 0 Å². The number of carbonyl (C=O) groups is 2. The zero-order chi connectivity index (χ0) is 31.3. The van der Waals surface area contributed by atoms with Crippen LogP contribution in [0.3, 0.4) is 0 Å². The number of rotatable bonds is 10. The van der Waals surface area contributed by atoms with E-state index in [-0.39, 0.29) is 22.3 Å². The molecule has 2 amide bonds. The summed E-state index contributed by atoms with van der Waals surface area (Å²) < 4.78 is 0. The van der Waals surface area contributed by atoms with Crippen LogP contribution in [0.2, 0.25) is 0 Å². The summed E-state index contributed by atoms with van der Waals surface area (Å²) in [6, 6.07) is 25.0. The predicted molar refractivity (Wildman–Crippen MR) is 186 cm³/mol. The van der Waals surface area contributed by atoms with Crippen LogP contribution in [0.1, 0.15) is 47.2 Å². The Labute approximate surface area is 269 Å². The molecule has 2 atom stereocenters. The maximum Gasteiger partial charge on any atom is 0.237 e. The summed E-state index contributed by atoms with van der Waals surface area (Å²) >= 11 is 4.80. The third-order valence-electron chi connectivity index (χ3n) is 7.10. The van der Waals surface area contributed by atoms with Crippen molar-refractivity contribution in [2.45, 2.75) is 85.5 Å². The van der Waals surface area contributed by atoms with Crippen LogP contribution in [0.5, 0.6) is 0 Å². The van der Waals surface area contributed by atoms with Crippen molar-refractivity contribution in [1.29, 1.82) is 0 Å². The Morgan fingerprint density at radius 2 is 0.791 bits per heavy atom. The van der Waals surface area contributed by atoms with E-state index in [0.29, 0.717) is 0 Å². The first kappa shape index (κ1) is 32.8. The summed E-state index contributed by atoms with van der Waals surface area (Å²) in [6.07, 6.45) is 0. The van der Waals surface area contributed by atoms with Gasteiger partial charge in [0, 0.05) is 31.0 Å². The summed E-state index contributed by atoms with van der Waals surface area (Å²) in [5.74, 6) is 0.00674. The van der Waals surface area contributed by atoms with Gasteiger partial charge in [-0.3, -0.25) is 9.59 Å². The lowest BCUT2D eigenvalue weighted by Crippen LogP contribution is -2.23. The summed E-state index contributed by atoms with van der Waals surface area (Å²) in [7, 11) is 0. The number of benzene rings is 4. The van der Waals surface area contributed by atoms with E-state index >= 15 is 0 Å². The molecule has 4 rings (SSSR count). The molecule has 0 bridgehead atoms. The first-order valence-electron chi connectivity index (χ1n) is 14.4. The van der Waals surface area contributed by atoms with Crippen LogP contribution in [-0.4, -0.2) is 22.3 Å². The van der Waals surface area contributed by atoms with Crippen LogP contribution < -0.4 is 10.6 Å². The standard InChI is InChI=1S/C36H40N2O2S3/c1-21-17-23(3)33(24(4)18-21)37-35(39)27(7)41-29-9-13-31(14-10-29)43-32-15-11-30(12-16-32)42-28(8)36(40)38-34-25(5)19-22(2)20-26(34)6/h9-20,27-28H,1-8H3,(H,37,39)(H,38,40)/t27-,28-/m0/s1. The van der Waals surface area contributed by atoms with E-state index < -0.39 is 0 Å². The van der Waals surface area contributed by atoms with Crippen molar-refractivity contribution in [2.24, 2.45) is 0 Å². The van der Waals surface area contributed by atoms with Crippen LogP contribution in [-0.2, 0) is 9.59 Å². The highest BCUT2D eigenvalue weighted by Gasteiger charge is 2.18. The number of nitrogens with one attached hydrogen (secondary N) is 2. The molecule has 4 aromatic rings. The quantitative estimate of drug-likeness (QED) is 0.171. The van der Waals surface area contributed by atoms with Crippen molar-refractivity contribution in [3.05, 3.63) is 106 Å². The van der Waals surface area contributed by atoms with Gasteiger partial charge >= 0.3 is 0 Å². The molecule has 0 spiro atoms. The van der Waals surface area contributed by atoms with Gasteiger partial charge in [-0.1, -0.05) is 47.2 Å². The third-order valence-corrected chi connectivity index (χ3v) is 10.3. The summed E-state index contributed by atoms with van der Waals surface area (Å²) in [6.45, 7) is 16.1. The number of aryl methyl sites for hydroxylation is 6. The molecule has 0 heterocycles. The number of amides is 2.